The minimum atomic E-state index is -4.76. The molecule has 0 aromatic rings. The molecule has 2 amide bonds. The lowest BCUT2D eigenvalue weighted by Crippen LogP contribution is -2.49. The van der Waals surface area contributed by atoms with Gasteiger partial charge in [0.2, 0.25) is 5.91 Å². The first-order valence-electron chi connectivity index (χ1n) is 8.80. The van der Waals surface area contributed by atoms with E-state index in [0.29, 0.717) is 12.3 Å². The molecule has 1 fully saturated rings. The van der Waals surface area contributed by atoms with Crippen molar-refractivity contribution >= 4 is 37.4 Å². The van der Waals surface area contributed by atoms with Gasteiger partial charge in [-0.25, -0.2) is 4.57 Å². The smallest absolute Gasteiger partial charge is 0.452 e. The number of phosphoric ester groups is 1. The Hall–Kier alpha value is -1.13. The molecule has 1 rings (SSSR count). The lowest BCUT2D eigenvalue weighted by atomic mass is 9.86. The first-order chi connectivity index (χ1) is 12.7. The Morgan fingerprint density at radius 2 is 1.89 bits per heavy atom. The number of carbonyl (C=O) groups is 3. The third kappa shape index (κ3) is 9.38. The molecular weight excluding hydrogens is 411 g/mol. The third-order valence-electron chi connectivity index (χ3n) is 3.94. The van der Waals surface area contributed by atoms with Crippen molar-refractivity contribution < 1.29 is 38.0 Å². The molecule has 1 aliphatic rings. The van der Waals surface area contributed by atoms with E-state index < -0.39 is 42.6 Å². The number of thioether (sulfide) groups is 1. The van der Waals surface area contributed by atoms with Crippen LogP contribution in [0.3, 0.4) is 0 Å². The van der Waals surface area contributed by atoms with E-state index in [2.05, 4.69) is 15.2 Å². The van der Waals surface area contributed by atoms with Gasteiger partial charge < -0.3 is 25.2 Å². The molecule has 1 atom stereocenters. The zero-order chi connectivity index (χ0) is 21.6. The zero-order valence-electron chi connectivity index (χ0n) is 16.5. The van der Waals surface area contributed by atoms with Crippen LogP contribution in [0.25, 0.3) is 0 Å². The SMILES string of the molecule is CC1(C)CC(=O)O[C@H](C(C)(C)COP(=O)(O)O)C(=O)NCCC(=O)NCCS1. The van der Waals surface area contributed by atoms with E-state index in [0.717, 1.165) is 0 Å². The number of ether oxygens (including phenoxy) is 1. The fourth-order valence-electron chi connectivity index (χ4n) is 2.46. The molecule has 0 aromatic carbocycles. The van der Waals surface area contributed by atoms with Crippen molar-refractivity contribution in [2.75, 3.05) is 25.4 Å². The topological polar surface area (TPSA) is 151 Å². The van der Waals surface area contributed by atoms with Gasteiger partial charge in [0, 0.05) is 35.4 Å². The highest BCUT2D eigenvalue weighted by atomic mass is 32.2. The van der Waals surface area contributed by atoms with E-state index in [1.54, 1.807) is 0 Å². The van der Waals surface area contributed by atoms with Crippen molar-refractivity contribution in [1.29, 1.82) is 0 Å². The quantitative estimate of drug-likeness (QED) is 0.363. The normalized spacial score (nSPS) is 23.2. The van der Waals surface area contributed by atoms with Gasteiger partial charge in [-0.05, 0) is 0 Å². The highest BCUT2D eigenvalue weighted by Gasteiger charge is 2.41. The number of hydrogen-bond donors (Lipinski definition) is 4. The highest BCUT2D eigenvalue weighted by Crippen LogP contribution is 2.39. The monoisotopic (exact) mass is 440 g/mol. The van der Waals surface area contributed by atoms with Gasteiger partial charge in [0.1, 0.15) is 0 Å². The van der Waals surface area contributed by atoms with Crippen molar-refractivity contribution in [3.8, 4) is 0 Å². The molecule has 0 bridgehead atoms. The van der Waals surface area contributed by atoms with Crippen LogP contribution in [0.2, 0.25) is 0 Å². The van der Waals surface area contributed by atoms with Gasteiger partial charge in [-0.1, -0.05) is 27.7 Å². The fraction of sp³-hybridized carbons (Fsp3) is 0.812. The van der Waals surface area contributed by atoms with E-state index >= 15 is 0 Å². The predicted molar refractivity (Wildman–Crippen MR) is 103 cm³/mol. The Bertz CT molecular complexity index is 634. The van der Waals surface area contributed by atoms with Crippen LogP contribution in [0.4, 0.5) is 0 Å². The molecule has 0 spiro atoms. The molecule has 1 heterocycles. The van der Waals surface area contributed by atoms with Crippen LogP contribution >= 0.6 is 19.6 Å². The van der Waals surface area contributed by atoms with E-state index in [9.17, 15) is 18.9 Å². The molecule has 0 unspecified atom stereocenters. The van der Waals surface area contributed by atoms with Crippen molar-refractivity contribution in [2.45, 2.75) is 51.4 Å². The Kier molecular flexibility index (Phi) is 8.95. The summed E-state index contributed by atoms with van der Waals surface area (Å²) >= 11 is 1.49. The molecule has 0 aliphatic carbocycles. The molecular formula is C16H29N2O8PS. The van der Waals surface area contributed by atoms with Crippen molar-refractivity contribution in [2.24, 2.45) is 5.41 Å². The number of amides is 2. The third-order valence-corrected chi connectivity index (χ3v) is 5.74. The fourth-order valence-corrected chi connectivity index (χ4v) is 3.94. The van der Waals surface area contributed by atoms with Crippen LogP contribution < -0.4 is 10.6 Å². The van der Waals surface area contributed by atoms with Crippen LogP contribution in [-0.2, 0) is 28.2 Å². The van der Waals surface area contributed by atoms with E-state index in [1.807, 2.05) is 13.8 Å². The van der Waals surface area contributed by atoms with Gasteiger partial charge in [0.05, 0.1) is 13.0 Å². The molecule has 0 radical (unpaired) electrons. The lowest BCUT2D eigenvalue weighted by Gasteiger charge is -2.33. The number of cyclic esters (lactones) is 1. The van der Waals surface area contributed by atoms with Crippen molar-refractivity contribution in [3.63, 3.8) is 0 Å². The van der Waals surface area contributed by atoms with Crippen LogP contribution in [0.5, 0.6) is 0 Å². The molecule has 0 aromatic heterocycles. The molecule has 28 heavy (non-hydrogen) atoms. The van der Waals surface area contributed by atoms with Gasteiger partial charge in [0.25, 0.3) is 5.91 Å². The maximum atomic E-state index is 12.6. The van der Waals surface area contributed by atoms with Crippen LogP contribution in [0, 0.1) is 5.41 Å². The van der Waals surface area contributed by atoms with Crippen LogP contribution in [0.15, 0.2) is 0 Å². The van der Waals surface area contributed by atoms with Crippen molar-refractivity contribution in [3.05, 3.63) is 0 Å². The largest absolute Gasteiger partial charge is 0.469 e. The number of phosphoric acid groups is 1. The van der Waals surface area contributed by atoms with Gasteiger partial charge in [-0.15, -0.1) is 0 Å². The summed E-state index contributed by atoms with van der Waals surface area (Å²) in [6, 6.07) is 0. The summed E-state index contributed by atoms with van der Waals surface area (Å²) in [5, 5.41) is 5.27. The number of hydrogen-bond acceptors (Lipinski definition) is 7. The average molecular weight is 440 g/mol. The maximum absolute atomic E-state index is 12.6. The van der Waals surface area contributed by atoms with Crippen LogP contribution in [-0.4, -0.2) is 63.9 Å². The molecule has 1 aliphatic heterocycles. The first-order valence-corrected chi connectivity index (χ1v) is 11.3. The van der Waals surface area contributed by atoms with Gasteiger partial charge in [-0.3, -0.25) is 18.9 Å². The second-order valence-corrected chi connectivity index (χ2v) is 10.8. The van der Waals surface area contributed by atoms with Crippen LogP contribution in [0.1, 0.15) is 40.5 Å². The zero-order valence-corrected chi connectivity index (χ0v) is 18.2. The Labute approximate surface area is 168 Å². The van der Waals surface area contributed by atoms with Crippen molar-refractivity contribution in [1.82, 2.24) is 10.6 Å². The second kappa shape index (κ2) is 10.1. The molecule has 4 N–H and O–H groups in total. The number of esters is 1. The highest BCUT2D eigenvalue weighted by molar-refractivity contribution is 8.00. The molecule has 0 saturated carbocycles. The first kappa shape index (κ1) is 24.9. The summed E-state index contributed by atoms with van der Waals surface area (Å²) in [4.78, 5) is 54.7. The van der Waals surface area contributed by atoms with E-state index in [4.69, 9.17) is 14.5 Å². The van der Waals surface area contributed by atoms with E-state index in [1.165, 1.54) is 25.6 Å². The Morgan fingerprint density at radius 3 is 2.50 bits per heavy atom. The van der Waals surface area contributed by atoms with Gasteiger partial charge >= 0.3 is 13.8 Å². The Balaban J connectivity index is 3.01. The second-order valence-electron chi connectivity index (χ2n) is 7.80. The summed E-state index contributed by atoms with van der Waals surface area (Å²) in [7, 11) is -4.76. The number of carbonyl (C=O) groups excluding carboxylic acids is 3. The van der Waals surface area contributed by atoms with Gasteiger partial charge in [-0.2, -0.15) is 11.8 Å². The number of nitrogens with one attached hydrogen (secondary N) is 2. The summed E-state index contributed by atoms with van der Waals surface area (Å²) < 4.78 is 20.5. The summed E-state index contributed by atoms with van der Waals surface area (Å²) in [5.74, 6) is -0.872. The maximum Gasteiger partial charge on any atom is 0.469 e. The lowest BCUT2D eigenvalue weighted by molar-refractivity contribution is -0.165. The predicted octanol–water partition coefficient (Wildman–Crippen LogP) is 0.572. The molecule has 12 heteroatoms. The minimum absolute atomic E-state index is 0.0187. The molecule has 162 valence electrons. The van der Waals surface area contributed by atoms with E-state index in [-0.39, 0.29) is 25.3 Å². The number of rotatable bonds is 4. The average Bonchev–Trinajstić information content (AvgIpc) is 2.53. The summed E-state index contributed by atoms with van der Waals surface area (Å²) in [6.07, 6.45) is -1.27. The minimum Gasteiger partial charge on any atom is -0.452 e. The Morgan fingerprint density at radius 1 is 1.25 bits per heavy atom. The molecule has 1 saturated heterocycles. The standard InChI is InChI=1S/C16H29N2O8PS/c1-15(2,10-25-27(22,23)24)13-14(21)18-6-5-11(19)17-7-8-28-16(3,4)9-12(20)26-13/h13H,5-10H2,1-4H3,(H,17,19)(H,18,21)(H2,22,23,24)/t13-/m0/s1. The van der Waals surface area contributed by atoms with Gasteiger partial charge in [0.15, 0.2) is 6.10 Å². The molecule has 10 nitrogen and oxygen atoms in total. The summed E-state index contributed by atoms with van der Waals surface area (Å²) in [6.45, 7) is 6.67. The summed E-state index contributed by atoms with van der Waals surface area (Å²) in [5.41, 5.74) is -1.22.